The van der Waals surface area contributed by atoms with Crippen LogP contribution in [0.2, 0.25) is 0 Å². The van der Waals surface area contributed by atoms with Crippen LogP contribution in [0.1, 0.15) is 35.8 Å². The summed E-state index contributed by atoms with van der Waals surface area (Å²) in [5.74, 6) is 0.124. The van der Waals surface area contributed by atoms with Crippen molar-refractivity contribution in [2.24, 2.45) is 0 Å². The van der Waals surface area contributed by atoms with Crippen molar-refractivity contribution in [1.29, 1.82) is 0 Å². The average molecular weight is 426 g/mol. The number of likely N-dealkylation sites (tertiary alicyclic amines) is 1. The predicted octanol–water partition coefficient (Wildman–Crippen LogP) is 3.82. The highest BCUT2D eigenvalue weighted by Gasteiger charge is 2.27. The van der Waals surface area contributed by atoms with Gasteiger partial charge in [0.25, 0.3) is 0 Å². The first-order valence-electron chi connectivity index (χ1n) is 10.3. The average Bonchev–Trinajstić information content (AvgIpc) is 3.25. The Labute approximate surface area is 179 Å². The molecule has 2 aromatic carbocycles. The Balaban J connectivity index is 1.32. The van der Waals surface area contributed by atoms with E-state index in [1.54, 1.807) is 31.2 Å². The Morgan fingerprint density at radius 2 is 2.13 bits per heavy atom. The second kappa shape index (κ2) is 9.34. The van der Waals surface area contributed by atoms with Gasteiger partial charge in [0.1, 0.15) is 11.6 Å². The first-order chi connectivity index (χ1) is 15.0. The topological polar surface area (TPSA) is 71.3 Å². The number of amides is 1. The van der Waals surface area contributed by atoms with E-state index in [2.05, 4.69) is 15.5 Å². The normalized spacial score (nSPS) is 16.9. The van der Waals surface area contributed by atoms with E-state index in [-0.39, 0.29) is 36.5 Å². The molecule has 1 amide bonds. The van der Waals surface area contributed by atoms with Crippen LogP contribution in [0.15, 0.2) is 47.0 Å². The molecule has 0 spiro atoms. The lowest BCUT2D eigenvalue weighted by atomic mass is 9.98. The van der Waals surface area contributed by atoms with E-state index in [1.165, 1.54) is 18.2 Å². The van der Waals surface area contributed by atoms with Crippen LogP contribution < -0.4 is 5.32 Å². The zero-order chi connectivity index (χ0) is 21.8. The molecular formula is C23H24F2N4O2. The molecular weight excluding hydrogens is 402 g/mol. The van der Waals surface area contributed by atoms with Crippen molar-refractivity contribution in [1.82, 2.24) is 20.4 Å². The SMILES string of the molecule is Cc1ccc(CNC(=O)CN2CCCC(c3nc(-c4cccc(F)c4)no3)C2)cc1F. The Morgan fingerprint density at radius 3 is 2.94 bits per heavy atom. The van der Waals surface area contributed by atoms with E-state index in [0.29, 0.717) is 29.4 Å². The molecule has 1 N–H and O–H groups in total. The van der Waals surface area contributed by atoms with E-state index in [9.17, 15) is 13.6 Å². The molecule has 1 fully saturated rings. The van der Waals surface area contributed by atoms with Gasteiger partial charge in [-0.2, -0.15) is 4.98 Å². The summed E-state index contributed by atoms with van der Waals surface area (Å²) in [6.45, 7) is 3.66. The number of hydrogen-bond donors (Lipinski definition) is 1. The molecule has 2 heterocycles. The van der Waals surface area contributed by atoms with E-state index in [1.807, 2.05) is 4.90 Å². The second-order valence-electron chi connectivity index (χ2n) is 7.90. The summed E-state index contributed by atoms with van der Waals surface area (Å²) >= 11 is 0. The molecule has 6 nitrogen and oxygen atoms in total. The Bertz CT molecular complexity index is 1070. The van der Waals surface area contributed by atoms with Gasteiger partial charge in [-0.25, -0.2) is 8.78 Å². The summed E-state index contributed by atoms with van der Waals surface area (Å²) in [6.07, 6.45) is 1.78. The van der Waals surface area contributed by atoms with E-state index in [4.69, 9.17) is 4.52 Å². The van der Waals surface area contributed by atoms with Crippen LogP contribution in [-0.2, 0) is 11.3 Å². The third-order valence-corrected chi connectivity index (χ3v) is 5.47. The summed E-state index contributed by atoms with van der Waals surface area (Å²) in [5, 5.41) is 6.83. The zero-order valence-corrected chi connectivity index (χ0v) is 17.3. The van der Waals surface area contributed by atoms with Crippen LogP contribution in [0, 0.1) is 18.6 Å². The first-order valence-corrected chi connectivity index (χ1v) is 10.3. The summed E-state index contributed by atoms with van der Waals surface area (Å²) in [6, 6.07) is 11.0. The van der Waals surface area contributed by atoms with Gasteiger partial charge in [-0.1, -0.05) is 29.4 Å². The van der Waals surface area contributed by atoms with Crippen LogP contribution in [0.4, 0.5) is 8.78 Å². The molecule has 0 radical (unpaired) electrons. The van der Waals surface area contributed by atoms with Gasteiger partial charge in [0.15, 0.2) is 0 Å². The lowest BCUT2D eigenvalue weighted by molar-refractivity contribution is -0.122. The number of halogens is 2. The second-order valence-corrected chi connectivity index (χ2v) is 7.90. The fourth-order valence-corrected chi connectivity index (χ4v) is 3.75. The number of nitrogens with one attached hydrogen (secondary N) is 1. The van der Waals surface area contributed by atoms with Crippen LogP contribution in [0.25, 0.3) is 11.4 Å². The minimum absolute atomic E-state index is 0.0163. The number of piperidine rings is 1. The molecule has 0 saturated carbocycles. The Morgan fingerprint density at radius 1 is 1.26 bits per heavy atom. The van der Waals surface area contributed by atoms with Crippen molar-refractivity contribution in [3.63, 3.8) is 0 Å². The number of rotatable bonds is 6. The van der Waals surface area contributed by atoms with Crippen molar-refractivity contribution in [2.45, 2.75) is 32.2 Å². The molecule has 1 unspecified atom stereocenters. The number of hydrogen-bond acceptors (Lipinski definition) is 5. The molecule has 1 saturated heterocycles. The number of nitrogens with zero attached hydrogens (tertiary/aromatic N) is 3. The van der Waals surface area contributed by atoms with Gasteiger partial charge in [-0.15, -0.1) is 0 Å². The quantitative estimate of drug-likeness (QED) is 0.649. The van der Waals surface area contributed by atoms with E-state index < -0.39 is 0 Å². The lowest BCUT2D eigenvalue weighted by Gasteiger charge is -2.30. The van der Waals surface area contributed by atoms with Crippen molar-refractivity contribution < 1.29 is 18.1 Å². The molecule has 1 aliphatic rings. The molecule has 0 bridgehead atoms. The van der Waals surface area contributed by atoms with Gasteiger partial charge >= 0.3 is 0 Å². The molecule has 8 heteroatoms. The standard InChI is InChI=1S/C23H24F2N4O2/c1-15-7-8-16(10-20(15)25)12-26-21(30)14-29-9-3-5-18(13-29)23-27-22(28-31-23)17-4-2-6-19(24)11-17/h2,4,6-8,10-11,18H,3,5,9,12-14H2,1H3,(H,26,30). The third-order valence-electron chi connectivity index (χ3n) is 5.47. The smallest absolute Gasteiger partial charge is 0.234 e. The number of benzene rings is 2. The van der Waals surface area contributed by atoms with Gasteiger partial charge in [-0.05, 0) is 55.6 Å². The fraction of sp³-hybridized carbons (Fsp3) is 0.348. The highest BCUT2D eigenvalue weighted by Crippen LogP contribution is 2.27. The van der Waals surface area contributed by atoms with Crippen LogP contribution in [0.5, 0.6) is 0 Å². The summed E-state index contributed by atoms with van der Waals surface area (Å²) in [4.78, 5) is 18.9. The maximum Gasteiger partial charge on any atom is 0.234 e. The Kier molecular flexibility index (Phi) is 6.36. The predicted molar refractivity (Wildman–Crippen MR) is 111 cm³/mol. The van der Waals surface area contributed by atoms with Gasteiger partial charge in [0.05, 0.1) is 12.5 Å². The minimum atomic E-state index is -0.355. The highest BCUT2D eigenvalue weighted by atomic mass is 19.1. The van der Waals surface area contributed by atoms with Crippen LogP contribution in [-0.4, -0.2) is 40.6 Å². The number of carbonyl (C=O) groups is 1. The zero-order valence-electron chi connectivity index (χ0n) is 17.3. The Hall–Kier alpha value is -3.13. The van der Waals surface area contributed by atoms with Crippen molar-refractivity contribution >= 4 is 5.91 Å². The largest absolute Gasteiger partial charge is 0.351 e. The third kappa shape index (κ3) is 5.32. The van der Waals surface area contributed by atoms with E-state index >= 15 is 0 Å². The van der Waals surface area contributed by atoms with E-state index in [0.717, 1.165) is 24.9 Å². The molecule has 0 aliphatic carbocycles. The van der Waals surface area contributed by atoms with Crippen LogP contribution >= 0.6 is 0 Å². The monoisotopic (exact) mass is 426 g/mol. The molecule has 31 heavy (non-hydrogen) atoms. The molecule has 162 valence electrons. The van der Waals surface area contributed by atoms with Crippen molar-refractivity contribution in [3.05, 3.63) is 71.1 Å². The van der Waals surface area contributed by atoms with Gasteiger partial charge in [0.2, 0.25) is 17.6 Å². The highest BCUT2D eigenvalue weighted by molar-refractivity contribution is 5.78. The summed E-state index contributed by atoms with van der Waals surface area (Å²) < 4.78 is 32.5. The van der Waals surface area contributed by atoms with Gasteiger partial charge in [0, 0.05) is 18.7 Å². The lowest BCUT2D eigenvalue weighted by Crippen LogP contribution is -2.41. The van der Waals surface area contributed by atoms with Crippen molar-refractivity contribution in [2.75, 3.05) is 19.6 Å². The first kappa shape index (κ1) is 21.1. The molecule has 1 aromatic heterocycles. The molecule has 1 atom stereocenters. The summed E-state index contributed by atoms with van der Waals surface area (Å²) in [7, 11) is 0. The van der Waals surface area contributed by atoms with Crippen LogP contribution in [0.3, 0.4) is 0 Å². The number of aryl methyl sites for hydroxylation is 1. The van der Waals surface area contributed by atoms with Gasteiger partial charge < -0.3 is 9.84 Å². The minimum Gasteiger partial charge on any atom is -0.351 e. The van der Waals surface area contributed by atoms with Gasteiger partial charge in [-0.3, -0.25) is 9.69 Å². The molecule has 3 aromatic rings. The number of aromatic nitrogens is 2. The molecule has 1 aliphatic heterocycles. The number of carbonyl (C=O) groups excluding carboxylic acids is 1. The molecule has 4 rings (SSSR count). The fourth-order valence-electron chi connectivity index (χ4n) is 3.75. The summed E-state index contributed by atoms with van der Waals surface area (Å²) in [5.41, 5.74) is 1.87. The van der Waals surface area contributed by atoms with Crippen molar-refractivity contribution in [3.8, 4) is 11.4 Å². The maximum atomic E-state index is 13.7. The maximum absolute atomic E-state index is 13.7.